The van der Waals surface area contributed by atoms with Crippen LogP contribution in [0.15, 0.2) is 17.3 Å². The molecule has 2 N–H and O–H groups in total. The Morgan fingerprint density at radius 2 is 2.08 bits per heavy atom. The lowest BCUT2D eigenvalue weighted by Crippen LogP contribution is -2.38. The molecule has 7 nitrogen and oxygen atoms in total. The first-order valence-corrected chi connectivity index (χ1v) is 8.87. The smallest absolute Gasteiger partial charge is 0.261 e. The number of hydrogen-bond acceptors (Lipinski definition) is 6. The van der Waals surface area contributed by atoms with Crippen molar-refractivity contribution in [2.75, 3.05) is 18.8 Å². The first-order chi connectivity index (χ1) is 11.4. The Labute approximate surface area is 158 Å². The summed E-state index contributed by atoms with van der Waals surface area (Å²) in [6.07, 6.45) is 1.85. The number of ether oxygens (including phenoxy) is 1. The van der Waals surface area contributed by atoms with Crippen LogP contribution in [-0.2, 0) is 0 Å². The molecule has 0 aliphatic rings. The lowest BCUT2D eigenvalue weighted by atomic mass is 10.2. The van der Waals surface area contributed by atoms with Crippen LogP contribution in [0.2, 0.25) is 10.0 Å². The maximum atomic E-state index is 12.4. The van der Waals surface area contributed by atoms with Gasteiger partial charge in [0.15, 0.2) is 5.11 Å². The molecule has 1 aromatic heterocycles. The van der Waals surface area contributed by atoms with Crippen LogP contribution >= 0.6 is 47.2 Å². The Balaban J connectivity index is 2.18. The van der Waals surface area contributed by atoms with Crippen LogP contribution in [0.4, 0.5) is 0 Å². The summed E-state index contributed by atoms with van der Waals surface area (Å²) in [4.78, 5) is 12.4. The molecule has 0 aliphatic heterocycles. The Morgan fingerprint density at radius 3 is 2.71 bits per heavy atom. The van der Waals surface area contributed by atoms with Gasteiger partial charge in [0, 0.05) is 5.02 Å². The monoisotopic (exact) mass is 405 g/mol. The average Bonchev–Trinajstić information content (AvgIpc) is 2.86. The first-order valence-electron chi connectivity index (χ1n) is 6.48. The summed E-state index contributed by atoms with van der Waals surface area (Å²) in [5, 5.41) is 11.6. The molecule has 2 rings (SSSR count). The number of carbonyl (C=O) groups excluding carboxylic acids is 1. The number of rotatable bonds is 4. The molecular weight excluding hydrogens is 393 g/mol. The van der Waals surface area contributed by atoms with Gasteiger partial charge in [-0.15, -0.1) is 10.2 Å². The van der Waals surface area contributed by atoms with Crippen molar-refractivity contribution in [1.82, 2.24) is 20.2 Å². The van der Waals surface area contributed by atoms with Gasteiger partial charge in [0.25, 0.3) is 5.91 Å². The zero-order chi connectivity index (χ0) is 17.9. The van der Waals surface area contributed by atoms with E-state index in [0.29, 0.717) is 16.0 Å². The number of aryl methyl sites for hydroxylation is 1. The van der Waals surface area contributed by atoms with Gasteiger partial charge in [-0.1, -0.05) is 35.0 Å². The first kappa shape index (κ1) is 18.8. The summed E-state index contributed by atoms with van der Waals surface area (Å²) >= 11 is 18.5. The number of aromatic nitrogens is 3. The van der Waals surface area contributed by atoms with E-state index >= 15 is 0 Å². The predicted molar refractivity (Wildman–Crippen MR) is 99.0 cm³/mol. The number of thioether (sulfide) groups is 1. The van der Waals surface area contributed by atoms with Crippen LogP contribution in [0.25, 0.3) is 0 Å². The highest BCUT2D eigenvalue weighted by Crippen LogP contribution is 2.32. The van der Waals surface area contributed by atoms with Gasteiger partial charge < -0.3 is 4.74 Å². The summed E-state index contributed by atoms with van der Waals surface area (Å²) in [5.41, 5.74) is 3.01. The minimum absolute atomic E-state index is 0.0661. The van der Waals surface area contributed by atoms with Gasteiger partial charge in [-0.3, -0.25) is 15.5 Å². The number of amides is 1. The molecule has 1 heterocycles. The van der Waals surface area contributed by atoms with Crippen LogP contribution < -0.4 is 15.5 Å². The maximum Gasteiger partial charge on any atom is 0.261 e. The molecule has 2 aromatic rings. The van der Waals surface area contributed by atoms with E-state index in [1.807, 2.05) is 6.26 Å². The number of hydrogen-bond donors (Lipinski definition) is 2. The van der Waals surface area contributed by atoms with Gasteiger partial charge in [-0.05, 0) is 37.5 Å². The topological polar surface area (TPSA) is 81.1 Å². The number of carbonyl (C=O) groups is 1. The fourth-order valence-corrected chi connectivity index (χ4v) is 3.08. The zero-order valence-corrected chi connectivity index (χ0v) is 16.0. The molecule has 0 spiro atoms. The van der Waals surface area contributed by atoms with E-state index in [0.717, 1.165) is 0 Å². The van der Waals surface area contributed by atoms with Gasteiger partial charge in [0.2, 0.25) is 5.16 Å². The molecule has 0 radical (unpaired) electrons. The lowest BCUT2D eigenvalue weighted by Gasteiger charge is -2.14. The van der Waals surface area contributed by atoms with Crippen molar-refractivity contribution in [2.24, 2.45) is 0 Å². The maximum absolute atomic E-state index is 12.4. The van der Waals surface area contributed by atoms with E-state index in [1.54, 1.807) is 11.6 Å². The molecule has 0 atom stereocenters. The average molecular weight is 406 g/mol. The van der Waals surface area contributed by atoms with Gasteiger partial charge >= 0.3 is 0 Å². The number of nitrogens with one attached hydrogen (secondary N) is 2. The molecule has 24 heavy (non-hydrogen) atoms. The standard InChI is InChI=1S/C13H13Cl2N5O2S2/c1-6-17-18-13(24-3)20(6)19-12(23)16-11(21)8-4-7(14)5-9(15)10(8)22-2/h4-5H,1-3H3,(H2,16,19,21,23). The molecule has 0 saturated carbocycles. The fourth-order valence-electron chi connectivity index (χ4n) is 1.84. The predicted octanol–water partition coefficient (Wildman–Crippen LogP) is 2.88. The van der Waals surface area contributed by atoms with Crippen molar-refractivity contribution in [3.63, 3.8) is 0 Å². The Kier molecular flexibility index (Phi) is 6.27. The van der Waals surface area contributed by atoms with E-state index < -0.39 is 5.91 Å². The molecule has 0 saturated heterocycles. The van der Waals surface area contributed by atoms with Crippen molar-refractivity contribution < 1.29 is 9.53 Å². The normalized spacial score (nSPS) is 10.4. The zero-order valence-electron chi connectivity index (χ0n) is 12.9. The van der Waals surface area contributed by atoms with Crippen LogP contribution in [0, 0.1) is 6.92 Å². The van der Waals surface area contributed by atoms with Crippen LogP contribution in [0.3, 0.4) is 0 Å². The second-order valence-corrected chi connectivity index (χ2v) is 6.46. The quantitative estimate of drug-likeness (QED) is 0.597. The number of methoxy groups -OCH3 is 1. The van der Waals surface area contributed by atoms with E-state index in [1.165, 1.54) is 31.0 Å². The van der Waals surface area contributed by atoms with E-state index in [4.69, 9.17) is 40.2 Å². The van der Waals surface area contributed by atoms with Crippen molar-refractivity contribution >= 4 is 58.2 Å². The fraction of sp³-hybridized carbons (Fsp3) is 0.231. The number of nitrogens with zero attached hydrogens (tertiary/aromatic N) is 3. The molecule has 1 aromatic carbocycles. The second-order valence-electron chi connectivity index (χ2n) is 4.43. The largest absolute Gasteiger partial charge is 0.494 e. The Morgan fingerprint density at radius 1 is 1.38 bits per heavy atom. The molecule has 0 unspecified atom stereocenters. The second kappa shape index (κ2) is 8.02. The molecule has 11 heteroatoms. The van der Waals surface area contributed by atoms with E-state index in [2.05, 4.69) is 20.9 Å². The molecular formula is C13H13Cl2N5O2S2. The highest BCUT2D eigenvalue weighted by atomic mass is 35.5. The summed E-state index contributed by atoms with van der Waals surface area (Å²) in [5.74, 6) is 0.302. The van der Waals surface area contributed by atoms with Crippen molar-refractivity contribution in [2.45, 2.75) is 12.1 Å². The van der Waals surface area contributed by atoms with Gasteiger partial charge in [-0.2, -0.15) is 0 Å². The van der Waals surface area contributed by atoms with Gasteiger partial charge in [-0.25, -0.2) is 4.68 Å². The summed E-state index contributed by atoms with van der Waals surface area (Å²) in [6, 6.07) is 2.93. The lowest BCUT2D eigenvalue weighted by molar-refractivity contribution is 0.0974. The minimum Gasteiger partial charge on any atom is -0.494 e. The Bertz CT molecular complexity index is 797. The number of halogens is 2. The summed E-state index contributed by atoms with van der Waals surface area (Å²) in [6.45, 7) is 1.75. The third-order valence-electron chi connectivity index (χ3n) is 2.88. The highest BCUT2D eigenvalue weighted by Gasteiger charge is 2.18. The van der Waals surface area contributed by atoms with Crippen LogP contribution in [-0.4, -0.2) is 39.3 Å². The molecule has 128 valence electrons. The Hall–Kier alpha value is -1.55. The number of thiocarbonyl (C=S) groups is 1. The summed E-state index contributed by atoms with van der Waals surface area (Å²) in [7, 11) is 1.41. The van der Waals surface area contributed by atoms with E-state index in [9.17, 15) is 4.79 Å². The molecule has 0 bridgehead atoms. The third-order valence-corrected chi connectivity index (χ3v) is 4.20. The molecule has 0 aliphatic carbocycles. The number of benzene rings is 1. The van der Waals surface area contributed by atoms with E-state index in [-0.39, 0.29) is 21.4 Å². The van der Waals surface area contributed by atoms with Crippen LogP contribution in [0.5, 0.6) is 5.75 Å². The van der Waals surface area contributed by atoms with Crippen LogP contribution in [0.1, 0.15) is 16.2 Å². The molecule has 1 amide bonds. The van der Waals surface area contributed by atoms with Crippen molar-refractivity contribution in [3.8, 4) is 5.75 Å². The van der Waals surface area contributed by atoms with Gasteiger partial charge in [0.05, 0.1) is 17.7 Å². The SMILES string of the molecule is COc1c(Cl)cc(Cl)cc1C(=O)NC(=S)Nn1c(C)nnc1SC. The third kappa shape index (κ3) is 4.10. The van der Waals surface area contributed by atoms with Crippen molar-refractivity contribution in [1.29, 1.82) is 0 Å². The van der Waals surface area contributed by atoms with Gasteiger partial charge in [0.1, 0.15) is 11.6 Å². The van der Waals surface area contributed by atoms with Crippen molar-refractivity contribution in [3.05, 3.63) is 33.6 Å². The highest BCUT2D eigenvalue weighted by molar-refractivity contribution is 7.98. The minimum atomic E-state index is -0.509. The molecule has 0 fully saturated rings. The summed E-state index contributed by atoms with van der Waals surface area (Å²) < 4.78 is 6.72.